The number of likely N-dealkylation sites (N-methyl/N-ethyl adjacent to an activating group) is 1. The highest BCUT2D eigenvalue weighted by Crippen LogP contribution is 2.39. The number of rotatable bonds is 2. The summed E-state index contributed by atoms with van der Waals surface area (Å²) in [6, 6.07) is 4.26. The van der Waals surface area contributed by atoms with Crippen LogP contribution in [0.5, 0.6) is 5.75 Å². The first-order chi connectivity index (χ1) is 8.25. The maximum absolute atomic E-state index is 5.63. The lowest BCUT2D eigenvalue weighted by Crippen LogP contribution is -2.10. The van der Waals surface area contributed by atoms with E-state index in [1.54, 1.807) is 0 Å². The first-order valence-electron chi connectivity index (χ1n) is 6.08. The first kappa shape index (κ1) is 10.6. The third-order valence-electron chi connectivity index (χ3n) is 3.32. The maximum atomic E-state index is 5.63. The van der Waals surface area contributed by atoms with E-state index in [4.69, 9.17) is 4.74 Å². The molecule has 3 rings (SSSR count). The lowest BCUT2D eigenvalue weighted by molar-refractivity contribution is 0.357. The minimum absolute atomic E-state index is 0.826. The molecular weight excluding hydrogens is 210 g/mol. The number of hydrogen-bond acceptors (Lipinski definition) is 2. The number of ether oxygens (including phenoxy) is 1. The summed E-state index contributed by atoms with van der Waals surface area (Å²) in [5.74, 6) is 1.07. The molecule has 0 radical (unpaired) electrons. The average molecular weight is 227 g/mol. The summed E-state index contributed by atoms with van der Waals surface area (Å²) >= 11 is 0. The molecular formula is C15H17NO. The Kier molecular flexibility index (Phi) is 2.52. The fourth-order valence-corrected chi connectivity index (χ4v) is 2.49. The van der Waals surface area contributed by atoms with Crippen molar-refractivity contribution in [3.8, 4) is 5.75 Å². The van der Waals surface area contributed by atoms with E-state index in [2.05, 4.69) is 49.4 Å². The van der Waals surface area contributed by atoms with Gasteiger partial charge in [0.25, 0.3) is 0 Å². The van der Waals surface area contributed by atoms with Crippen molar-refractivity contribution in [1.29, 1.82) is 0 Å². The van der Waals surface area contributed by atoms with Crippen molar-refractivity contribution in [2.45, 2.75) is 6.42 Å². The topological polar surface area (TPSA) is 12.5 Å². The van der Waals surface area contributed by atoms with Gasteiger partial charge in [-0.2, -0.15) is 0 Å². The number of benzene rings is 1. The third-order valence-corrected chi connectivity index (χ3v) is 3.32. The Hall–Kier alpha value is -1.54. The molecule has 0 aromatic heterocycles. The summed E-state index contributed by atoms with van der Waals surface area (Å²) in [4.78, 5) is 2.18. The highest BCUT2D eigenvalue weighted by molar-refractivity contribution is 5.92. The molecule has 1 aliphatic carbocycles. The van der Waals surface area contributed by atoms with E-state index in [0.29, 0.717) is 0 Å². The smallest absolute Gasteiger partial charge is 0.123 e. The van der Waals surface area contributed by atoms with Crippen LogP contribution < -0.4 is 4.74 Å². The van der Waals surface area contributed by atoms with Gasteiger partial charge in [-0.05, 0) is 36.9 Å². The lowest BCUT2D eigenvalue weighted by Gasteiger charge is -2.09. The molecule has 0 spiro atoms. The zero-order valence-corrected chi connectivity index (χ0v) is 10.4. The van der Waals surface area contributed by atoms with E-state index < -0.39 is 0 Å². The number of nitrogens with zero attached hydrogens (tertiary/aromatic N) is 1. The monoisotopic (exact) mass is 227 g/mol. The van der Waals surface area contributed by atoms with Gasteiger partial charge in [-0.15, -0.1) is 0 Å². The minimum Gasteiger partial charge on any atom is -0.493 e. The van der Waals surface area contributed by atoms with Gasteiger partial charge in [-0.25, -0.2) is 0 Å². The highest BCUT2D eigenvalue weighted by Gasteiger charge is 2.22. The summed E-state index contributed by atoms with van der Waals surface area (Å²) in [7, 11) is 4.18. The summed E-state index contributed by atoms with van der Waals surface area (Å²) < 4.78 is 5.63. The molecule has 1 heterocycles. The molecule has 17 heavy (non-hydrogen) atoms. The van der Waals surface area contributed by atoms with Crippen molar-refractivity contribution in [3.63, 3.8) is 0 Å². The fraction of sp³-hybridized carbons (Fsp3) is 0.333. The van der Waals surface area contributed by atoms with Crippen LogP contribution in [0.15, 0.2) is 24.3 Å². The van der Waals surface area contributed by atoms with E-state index >= 15 is 0 Å². The molecule has 1 aromatic carbocycles. The van der Waals surface area contributed by atoms with Crippen LogP contribution in [0.4, 0.5) is 0 Å². The first-order valence-corrected chi connectivity index (χ1v) is 6.08. The lowest BCUT2D eigenvalue weighted by atomic mass is 9.97. The molecule has 0 fully saturated rings. The molecule has 0 amide bonds. The Labute approximate surface area is 102 Å². The molecule has 0 unspecified atom stereocenters. The van der Waals surface area contributed by atoms with E-state index in [1.165, 1.54) is 22.3 Å². The summed E-state index contributed by atoms with van der Waals surface area (Å²) in [5, 5.41) is 0. The van der Waals surface area contributed by atoms with Crippen LogP contribution in [0, 0.1) is 0 Å². The van der Waals surface area contributed by atoms with Crippen molar-refractivity contribution in [3.05, 3.63) is 41.0 Å². The van der Waals surface area contributed by atoms with Gasteiger partial charge in [0.05, 0.1) is 6.61 Å². The largest absolute Gasteiger partial charge is 0.493 e. The molecule has 0 saturated heterocycles. The van der Waals surface area contributed by atoms with Gasteiger partial charge in [0.1, 0.15) is 5.75 Å². The zero-order chi connectivity index (χ0) is 11.8. The van der Waals surface area contributed by atoms with E-state index in [0.717, 1.165) is 25.3 Å². The highest BCUT2D eigenvalue weighted by atomic mass is 16.5. The molecule has 0 N–H and O–H groups in total. The maximum Gasteiger partial charge on any atom is 0.123 e. The van der Waals surface area contributed by atoms with Crippen LogP contribution in [0.3, 0.4) is 0 Å². The Morgan fingerprint density at radius 2 is 2.18 bits per heavy atom. The van der Waals surface area contributed by atoms with Crippen molar-refractivity contribution in [1.82, 2.24) is 4.90 Å². The zero-order valence-electron chi connectivity index (χ0n) is 10.4. The van der Waals surface area contributed by atoms with Crippen molar-refractivity contribution in [2.24, 2.45) is 0 Å². The fourth-order valence-electron chi connectivity index (χ4n) is 2.49. The van der Waals surface area contributed by atoms with Crippen LogP contribution in [0.2, 0.25) is 0 Å². The Bertz CT molecular complexity index is 512. The third kappa shape index (κ3) is 1.79. The molecule has 0 bridgehead atoms. The minimum atomic E-state index is 0.826. The molecule has 0 atom stereocenters. The second-order valence-electron chi connectivity index (χ2n) is 4.86. The second kappa shape index (κ2) is 4.04. The van der Waals surface area contributed by atoms with Crippen LogP contribution in [0.1, 0.15) is 16.7 Å². The summed E-state index contributed by atoms with van der Waals surface area (Å²) in [6.45, 7) is 1.80. The molecule has 2 nitrogen and oxygen atoms in total. The van der Waals surface area contributed by atoms with Gasteiger partial charge < -0.3 is 9.64 Å². The second-order valence-corrected chi connectivity index (χ2v) is 4.86. The van der Waals surface area contributed by atoms with Gasteiger partial charge in [0.15, 0.2) is 0 Å². The van der Waals surface area contributed by atoms with Gasteiger partial charge in [0.2, 0.25) is 0 Å². The molecule has 2 aliphatic rings. The van der Waals surface area contributed by atoms with Crippen molar-refractivity contribution in [2.75, 3.05) is 27.2 Å². The van der Waals surface area contributed by atoms with E-state index in [9.17, 15) is 0 Å². The molecule has 1 aliphatic heterocycles. The van der Waals surface area contributed by atoms with Crippen molar-refractivity contribution >= 4 is 11.6 Å². The Morgan fingerprint density at radius 3 is 3.00 bits per heavy atom. The molecule has 1 aromatic rings. The Balaban J connectivity index is 2.03. The SMILES string of the molecule is CN(C)C/C=C1\C=Cc2ccc3c(c21)CCO3. The van der Waals surface area contributed by atoms with Gasteiger partial charge >= 0.3 is 0 Å². The molecule has 88 valence electrons. The Morgan fingerprint density at radius 1 is 1.29 bits per heavy atom. The summed E-state index contributed by atoms with van der Waals surface area (Å²) in [6.07, 6.45) is 7.75. The van der Waals surface area contributed by atoms with Crippen LogP contribution in [-0.4, -0.2) is 32.1 Å². The van der Waals surface area contributed by atoms with Gasteiger partial charge in [0, 0.05) is 18.5 Å². The number of fused-ring (bicyclic) bond motifs is 3. The summed E-state index contributed by atoms with van der Waals surface area (Å²) in [5.41, 5.74) is 5.45. The number of hydrogen-bond donors (Lipinski definition) is 0. The quantitative estimate of drug-likeness (QED) is 0.770. The van der Waals surface area contributed by atoms with Gasteiger partial charge in [-0.3, -0.25) is 0 Å². The van der Waals surface area contributed by atoms with Crippen molar-refractivity contribution < 1.29 is 4.74 Å². The predicted octanol–water partition coefficient (Wildman–Crippen LogP) is 2.59. The van der Waals surface area contributed by atoms with Crippen LogP contribution in [-0.2, 0) is 6.42 Å². The van der Waals surface area contributed by atoms with Crippen LogP contribution in [0.25, 0.3) is 11.6 Å². The van der Waals surface area contributed by atoms with E-state index in [-0.39, 0.29) is 0 Å². The van der Waals surface area contributed by atoms with Gasteiger partial charge in [-0.1, -0.05) is 24.3 Å². The standard InChI is InChI=1S/C15H17NO/c1-16(2)9-7-12-4-3-11-5-6-14-13(15(11)12)8-10-17-14/h3-7H,8-10H2,1-2H3/b12-7+. The normalized spacial score (nSPS) is 18.6. The van der Waals surface area contributed by atoms with E-state index in [1.807, 2.05) is 0 Å². The van der Waals surface area contributed by atoms with Crippen LogP contribution >= 0.6 is 0 Å². The molecule has 0 saturated carbocycles. The molecule has 2 heteroatoms. The predicted molar refractivity (Wildman–Crippen MR) is 71.2 cm³/mol. The average Bonchev–Trinajstić information content (AvgIpc) is 2.91. The number of allylic oxidation sites excluding steroid dienone is 2.